The maximum atomic E-state index is 6.30. The van der Waals surface area contributed by atoms with Gasteiger partial charge in [-0.1, -0.05) is 41.4 Å². The summed E-state index contributed by atoms with van der Waals surface area (Å²) in [5.41, 5.74) is 3.96. The van der Waals surface area contributed by atoms with E-state index in [0.717, 1.165) is 32.7 Å². The molecule has 0 spiro atoms. The van der Waals surface area contributed by atoms with Crippen LogP contribution in [0.5, 0.6) is 0 Å². The molecule has 0 radical (unpaired) electrons. The van der Waals surface area contributed by atoms with Crippen molar-refractivity contribution in [3.8, 4) is 11.1 Å². The predicted octanol–water partition coefficient (Wildman–Crippen LogP) is 5.52. The van der Waals surface area contributed by atoms with Gasteiger partial charge in [-0.15, -0.1) is 0 Å². The maximum Gasteiger partial charge on any atom is 0.0712 e. The Balaban J connectivity index is 2.40. The van der Waals surface area contributed by atoms with Crippen LogP contribution in [0.3, 0.4) is 0 Å². The predicted molar refractivity (Wildman–Crippen MR) is 81.9 cm³/mol. The zero-order chi connectivity index (χ0) is 13.4. The SMILES string of the molecule is Cc1cc(-c2ccccc2Cl)c2cc(Cl)ccc2n1. The molecule has 1 heterocycles. The van der Waals surface area contributed by atoms with E-state index in [2.05, 4.69) is 4.98 Å². The van der Waals surface area contributed by atoms with E-state index in [1.54, 1.807) is 0 Å². The van der Waals surface area contributed by atoms with E-state index in [0.29, 0.717) is 5.02 Å². The molecule has 0 aliphatic rings. The smallest absolute Gasteiger partial charge is 0.0712 e. The highest BCUT2D eigenvalue weighted by Crippen LogP contribution is 2.34. The number of pyridine rings is 1. The third-order valence-electron chi connectivity index (χ3n) is 3.06. The Morgan fingerprint density at radius 2 is 1.68 bits per heavy atom. The summed E-state index contributed by atoms with van der Waals surface area (Å²) in [6, 6.07) is 15.6. The van der Waals surface area contributed by atoms with E-state index in [1.165, 1.54) is 0 Å². The van der Waals surface area contributed by atoms with Crippen molar-refractivity contribution in [1.82, 2.24) is 4.98 Å². The van der Waals surface area contributed by atoms with Crippen LogP contribution in [-0.4, -0.2) is 4.98 Å². The second kappa shape index (κ2) is 4.84. The van der Waals surface area contributed by atoms with Crippen LogP contribution < -0.4 is 0 Å². The minimum atomic E-state index is 0.700. The summed E-state index contributed by atoms with van der Waals surface area (Å²) in [4.78, 5) is 4.53. The number of halogens is 2. The van der Waals surface area contributed by atoms with E-state index in [-0.39, 0.29) is 0 Å². The van der Waals surface area contributed by atoms with E-state index >= 15 is 0 Å². The fourth-order valence-electron chi connectivity index (χ4n) is 2.23. The van der Waals surface area contributed by atoms with Crippen LogP contribution in [0.1, 0.15) is 5.69 Å². The molecule has 3 rings (SSSR count). The second-order valence-corrected chi connectivity index (χ2v) is 5.30. The van der Waals surface area contributed by atoms with Gasteiger partial charge in [0.15, 0.2) is 0 Å². The van der Waals surface area contributed by atoms with Gasteiger partial charge in [-0.2, -0.15) is 0 Å². The zero-order valence-corrected chi connectivity index (χ0v) is 11.8. The molecule has 0 aliphatic carbocycles. The molecule has 0 bridgehead atoms. The molecule has 94 valence electrons. The first-order chi connectivity index (χ1) is 9.15. The fourth-order valence-corrected chi connectivity index (χ4v) is 2.64. The Kier molecular flexibility index (Phi) is 3.17. The first-order valence-corrected chi connectivity index (χ1v) is 6.72. The third kappa shape index (κ3) is 2.32. The van der Waals surface area contributed by atoms with Gasteiger partial charge >= 0.3 is 0 Å². The molecular formula is C16H11Cl2N. The van der Waals surface area contributed by atoms with Gasteiger partial charge in [0.25, 0.3) is 0 Å². The summed E-state index contributed by atoms with van der Waals surface area (Å²) in [5.74, 6) is 0. The molecule has 3 aromatic rings. The van der Waals surface area contributed by atoms with Gasteiger partial charge in [0.1, 0.15) is 0 Å². The quantitative estimate of drug-likeness (QED) is 0.574. The van der Waals surface area contributed by atoms with Crippen molar-refractivity contribution in [2.75, 3.05) is 0 Å². The lowest BCUT2D eigenvalue weighted by Crippen LogP contribution is -1.89. The minimum absolute atomic E-state index is 0.700. The van der Waals surface area contributed by atoms with Crippen molar-refractivity contribution in [1.29, 1.82) is 0 Å². The molecule has 0 saturated heterocycles. The lowest BCUT2D eigenvalue weighted by molar-refractivity contribution is 1.26. The Hall–Kier alpha value is -1.57. The highest BCUT2D eigenvalue weighted by atomic mass is 35.5. The second-order valence-electron chi connectivity index (χ2n) is 4.45. The van der Waals surface area contributed by atoms with E-state index in [9.17, 15) is 0 Å². The summed E-state index contributed by atoms with van der Waals surface area (Å²) in [6.45, 7) is 1.98. The summed E-state index contributed by atoms with van der Waals surface area (Å²) < 4.78 is 0. The van der Waals surface area contributed by atoms with Gasteiger partial charge in [0.2, 0.25) is 0 Å². The van der Waals surface area contributed by atoms with Gasteiger partial charge in [0, 0.05) is 26.7 Å². The Bertz CT molecular complexity index is 766. The molecular weight excluding hydrogens is 277 g/mol. The highest BCUT2D eigenvalue weighted by Gasteiger charge is 2.09. The maximum absolute atomic E-state index is 6.30. The van der Waals surface area contributed by atoms with Crippen LogP contribution in [0.4, 0.5) is 0 Å². The zero-order valence-electron chi connectivity index (χ0n) is 10.3. The molecule has 0 N–H and O–H groups in total. The normalized spacial score (nSPS) is 10.9. The number of fused-ring (bicyclic) bond motifs is 1. The summed E-state index contributed by atoms with van der Waals surface area (Å²) in [6.07, 6.45) is 0. The largest absolute Gasteiger partial charge is 0.253 e. The van der Waals surface area contributed by atoms with E-state index in [1.807, 2.05) is 55.5 Å². The standard InChI is InChI=1S/C16H11Cl2N/c1-10-8-13(12-4-2-3-5-15(12)18)14-9-11(17)6-7-16(14)19-10/h2-9H,1H3. The van der Waals surface area contributed by atoms with Gasteiger partial charge in [-0.3, -0.25) is 4.98 Å². The summed E-state index contributed by atoms with van der Waals surface area (Å²) >= 11 is 12.4. The minimum Gasteiger partial charge on any atom is -0.253 e. The van der Waals surface area contributed by atoms with Crippen LogP contribution in [0.2, 0.25) is 10.0 Å². The fraction of sp³-hybridized carbons (Fsp3) is 0.0625. The molecule has 2 aromatic carbocycles. The average Bonchev–Trinajstić information content (AvgIpc) is 2.39. The molecule has 0 saturated carbocycles. The lowest BCUT2D eigenvalue weighted by Gasteiger charge is -2.10. The number of benzene rings is 2. The van der Waals surface area contributed by atoms with Gasteiger partial charge in [-0.05, 0) is 42.8 Å². The molecule has 0 atom stereocenters. The molecule has 3 heteroatoms. The number of aryl methyl sites for hydroxylation is 1. The third-order valence-corrected chi connectivity index (χ3v) is 3.63. The number of hydrogen-bond donors (Lipinski definition) is 0. The lowest BCUT2D eigenvalue weighted by atomic mass is 10.0. The highest BCUT2D eigenvalue weighted by molar-refractivity contribution is 6.34. The van der Waals surface area contributed by atoms with Crippen molar-refractivity contribution in [3.05, 3.63) is 64.3 Å². The van der Waals surface area contributed by atoms with Crippen molar-refractivity contribution in [3.63, 3.8) is 0 Å². The van der Waals surface area contributed by atoms with Crippen LogP contribution in [-0.2, 0) is 0 Å². The summed E-state index contributed by atoms with van der Waals surface area (Å²) in [7, 11) is 0. The first kappa shape index (κ1) is 12.5. The molecule has 0 fully saturated rings. The monoisotopic (exact) mass is 287 g/mol. The average molecular weight is 288 g/mol. The Morgan fingerprint density at radius 3 is 2.47 bits per heavy atom. The van der Waals surface area contributed by atoms with E-state index in [4.69, 9.17) is 23.2 Å². The molecule has 1 aromatic heterocycles. The van der Waals surface area contributed by atoms with Crippen molar-refractivity contribution in [2.45, 2.75) is 6.92 Å². The van der Waals surface area contributed by atoms with Crippen molar-refractivity contribution < 1.29 is 0 Å². The van der Waals surface area contributed by atoms with Crippen molar-refractivity contribution in [2.24, 2.45) is 0 Å². The van der Waals surface area contributed by atoms with Crippen molar-refractivity contribution >= 4 is 34.1 Å². The van der Waals surface area contributed by atoms with E-state index < -0.39 is 0 Å². The van der Waals surface area contributed by atoms with Crippen LogP contribution in [0.25, 0.3) is 22.0 Å². The van der Waals surface area contributed by atoms with Gasteiger partial charge in [-0.25, -0.2) is 0 Å². The Labute approximate surface area is 121 Å². The van der Waals surface area contributed by atoms with Gasteiger partial charge < -0.3 is 0 Å². The molecule has 0 unspecified atom stereocenters. The molecule has 1 nitrogen and oxygen atoms in total. The summed E-state index contributed by atoms with van der Waals surface area (Å²) in [5, 5.41) is 2.45. The first-order valence-electron chi connectivity index (χ1n) is 5.97. The van der Waals surface area contributed by atoms with Crippen LogP contribution >= 0.6 is 23.2 Å². The van der Waals surface area contributed by atoms with Crippen LogP contribution in [0, 0.1) is 6.92 Å². The Morgan fingerprint density at radius 1 is 0.895 bits per heavy atom. The van der Waals surface area contributed by atoms with Crippen LogP contribution in [0.15, 0.2) is 48.5 Å². The number of nitrogens with zero attached hydrogens (tertiary/aromatic N) is 1. The number of rotatable bonds is 1. The molecule has 0 amide bonds. The number of aromatic nitrogens is 1. The molecule has 19 heavy (non-hydrogen) atoms. The number of hydrogen-bond acceptors (Lipinski definition) is 1. The topological polar surface area (TPSA) is 12.9 Å². The molecule has 0 aliphatic heterocycles. The van der Waals surface area contributed by atoms with Gasteiger partial charge in [0.05, 0.1) is 5.52 Å².